The predicted molar refractivity (Wildman–Crippen MR) is 83.7 cm³/mol. The molecule has 21 heavy (non-hydrogen) atoms. The van der Waals surface area contributed by atoms with E-state index >= 15 is 0 Å². The van der Waals surface area contributed by atoms with Gasteiger partial charge in [0.05, 0.1) is 24.8 Å². The monoisotopic (exact) mass is 306 g/mol. The van der Waals surface area contributed by atoms with E-state index in [0.29, 0.717) is 22.9 Å². The van der Waals surface area contributed by atoms with Crippen molar-refractivity contribution in [1.29, 1.82) is 0 Å². The van der Waals surface area contributed by atoms with E-state index in [4.69, 9.17) is 9.47 Å². The van der Waals surface area contributed by atoms with Gasteiger partial charge in [0.2, 0.25) is 0 Å². The molecule has 0 bridgehead atoms. The van der Waals surface area contributed by atoms with Crippen molar-refractivity contribution in [1.82, 2.24) is 4.98 Å². The lowest BCUT2D eigenvalue weighted by Crippen LogP contribution is -2.00. The summed E-state index contributed by atoms with van der Waals surface area (Å²) in [6.45, 7) is 4.00. The van der Waals surface area contributed by atoms with E-state index in [1.165, 1.54) is 11.3 Å². The topological polar surface area (TPSA) is 60.5 Å². The first kappa shape index (κ1) is 15.3. The van der Waals surface area contributed by atoms with E-state index in [1.54, 1.807) is 21.1 Å². The third-order valence-electron chi connectivity index (χ3n) is 3.01. The third-order valence-corrected chi connectivity index (χ3v) is 4.22. The van der Waals surface area contributed by atoms with Crippen molar-refractivity contribution in [3.05, 3.63) is 34.3 Å². The Kier molecular flexibility index (Phi) is 4.80. The predicted octanol–water partition coefficient (Wildman–Crippen LogP) is 3.28. The number of aromatic nitrogens is 1. The smallest absolute Gasteiger partial charge is 0.183 e. The highest BCUT2D eigenvalue weighted by molar-refractivity contribution is 7.17. The molecule has 1 aromatic heterocycles. The van der Waals surface area contributed by atoms with E-state index in [1.807, 2.05) is 25.1 Å². The molecular formula is C15H18N2O3S. The molecule has 112 valence electrons. The number of carbonyl (C=O) groups excluding carboxylic acids is 1. The maximum absolute atomic E-state index is 11.4. The van der Waals surface area contributed by atoms with Crippen LogP contribution < -0.4 is 14.8 Å². The normalized spacial score (nSPS) is 10.3. The quantitative estimate of drug-likeness (QED) is 0.830. The van der Waals surface area contributed by atoms with Crippen LogP contribution >= 0.6 is 11.3 Å². The average molecular weight is 306 g/mol. The van der Waals surface area contributed by atoms with Crippen LogP contribution in [0, 0.1) is 6.92 Å². The summed E-state index contributed by atoms with van der Waals surface area (Å²) in [5.41, 5.74) is 1.81. The van der Waals surface area contributed by atoms with Crippen molar-refractivity contribution in [2.24, 2.45) is 0 Å². The summed E-state index contributed by atoms with van der Waals surface area (Å²) in [6, 6.07) is 5.74. The van der Waals surface area contributed by atoms with Gasteiger partial charge in [-0.3, -0.25) is 4.79 Å². The minimum Gasteiger partial charge on any atom is -0.493 e. The molecule has 0 aliphatic rings. The van der Waals surface area contributed by atoms with Crippen LogP contribution in [0.1, 0.15) is 27.9 Å². The van der Waals surface area contributed by atoms with Gasteiger partial charge in [-0.05, 0) is 24.6 Å². The van der Waals surface area contributed by atoms with Gasteiger partial charge >= 0.3 is 0 Å². The molecule has 0 radical (unpaired) electrons. The van der Waals surface area contributed by atoms with E-state index < -0.39 is 0 Å². The van der Waals surface area contributed by atoms with Gasteiger partial charge in [0.15, 0.2) is 22.4 Å². The summed E-state index contributed by atoms with van der Waals surface area (Å²) in [6.07, 6.45) is 0. The number of rotatable bonds is 6. The van der Waals surface area contributed by atoms with E-state index in [9.17, 15) is 4.79 Å². The van der Waals surface area contributed by atoms with E-state index in [2.05, 4.69) is 10.3 Å². The van der Waals surface area contributed by atoms with Crippen LogP contribution in [-0.4, -0.2) is 25.0 Å². The number of thiazole rings is 1. The number of ether oxygens (including phenoxy) is 2. The van der Waals surface area contributed by atoms with Crippen LogP contribution in [0.2, 0.25) is 0 Å². The first-order chi connectivity index (χ1) is 10.0. The number of benzene rings is 1. The van der Waals surface area contributed by atoms with Crippen LogP contribution in [0.15, 0.2) is 18.2 Å². The molecule has 0 atom stereocenters. The first-order valence-corrected chi connectivity index (χ1v) is 7.30. The molecule has 1 N–H and O–H groups in total. The second kappa shape index (κ2) is 6.58. The molecule has 0 saturated heterocycles. The van der Waals surface area contributed by atoms with Crippen molar-refractivity contribution >= 4 is 22.3 Å². The Balaban J connectivity index is 2.09. The highest BCUT2D eigenvalue weighted by Gasteiger charge is 2.11. The number of Topliss-reactive ketones (excluding diaryl/α,β-unsaturated/α-hetero) is 1. The highest BCUT2D eigenvalue weighted by Crippen LogP contribution is 2.28. The van der Waals surface area contributed by atoms with Crippen molar-refractivity contribution in [2.45, 2.75) is 20.4 Å². The van der Waals surface area contributed by atoms with Crippen LogP contribution in [0.5, 0.6) is 11.5 Å². The Labute approximate surface area is 127 Å². The van der Waals surface area contributed by atoms with Crippen LogP contribution in [0.4, 0.5) is 5.13 Å². The molecule has 1 aromatic carbocycles. The number of hydrogen-bond donors (Lipinski definition) is 1. The lowest BCUT2D eigenvalue weighted by molar-refractivity contribution is 0.102. The summed E-state index contributed by atoms with van der Waals surface area (Å²) < 4.78 is 10.5. The zero-order valence-electron chi connectivity index (χ0n) is 12.5. The minimum absolute atomic E-state index is 0.0455. The first-order valence-electron chi connectivity index (χ1n) is 6.48. The third kappa shape index (κ3) is 3.52. The lowest BCUT2D eigenvalue weighted by atomic mass is 10.2. The Morgan fingerprint density at radius 3 is 2.57 bits per heavy atom. The van der Waals surface area contributed by atoms with Crippen LogP contribution in [0.25, 0.3) is 0 Å². The van der Waals surface area contributed by atoms with Gasteiger partial charge in [-0.2, -0.15) is 0 Å². The van der Waals surface area contributed by atoms with Gasteiger partial charge in [0, 0.05) is 13.5 Å². The van der Waals surface area contributed by atoms with Gasteiger partial charge in [0.1, 0.15) is 0 Å². The average Bonchev–Trinajstić information content (AvgIpc) is 2.86. The maximum Gasteiger partial charge on any atom is 0.183 e. The van der Waals surface area contributed by atoms with E-state index in [-0.39, 0.29) is 5.78 Å². The lowest BCUT2D eigenvalue weighted by Gasteiger charge is -2.09. The van der Waals surface area contributed by atoms with Gasteiger partial charge in [-0.15, -0.1) is 0 Å². The number of nitrogens with one attached hydrogen (secondary N) is 1. The molecule has 0 aliphatic heterocycles. The fourth-order valence-corrected chi connectivity index (χ4v) is 2.82. The SMILES string of the molecule is COc1ccc(CNc2nc(C)c(C(C)=O)s2)cc1OC. The number of anilines is 1. The maximum atomic E-state index is 11.4. The molecule has 1 heterocycles. The second-order valence-corrected chi connectivity index (χ2v) is 5.53. The molecule has 0 spiro atoms. The number of carbonyl (C=O) groups is 1. The number of ketones is 1. The largest absolute Gasteiger partial charge is 0.493 e. The Morgan fingerprint density at radius 1 is 1.29 bits per heavy atom. The fraction of sp³-hybridized carbons (Fsp3) is 0.333. The zero-order chi connectivity index (χ0) is 15.4. The molecule has 0 unspecified atom stereocenters. The van der Waals surface area contributed by atoms with Crippen molar-refractivity contribution in [3.8, 4) is 11.5 Å². The second-order valence-electron chi connectivity index (χ2n) is 4.53. The van der Waals surface area contributed by atoms with Gasteiger partial charge < -0.3 is 14.8 Å². The van der Waals surface area contributed by atoms with E-state index in [0.717, 1.165) is 16.4 Å². The van der Waals surface area contributed by atoms with Crippen LogP contribution in [0.3, 0.4) is 0 Å². The Bertz CT molecular complexity index is 652. The summed E-state index contributed by atoms with van der Waals surface area (Å²) >= 11 is 1.38. The summed E-state index contributed by atoms with van der Waals surface area (Å²) in [5, 5.41) is 3.97. The molecule has 0 fully saturated rings. The molecule has 0 saturated carbocycles. The van der Waals surface area contributed by atoms with Crippen LogP contribution in [-0.2, 0) is 6.54 Å². The number of aryl methyl sites for hydroxylation is 1. The van der Waals surface area contributed by atoms with Gasteiger partial charge in [0.25, 0.3) is 0 Å². The Morgan fingerprint density at radius 2 is 2.00 bits per heavy atom. The minimum atomic E-state index is 0.0455. The molecule has 2 rings (SSSR count). The molecular weight excluding hydrogens is 288 g/mol. The molecule has 0 aliphatic carbocycles. The fourth-order valence-electron chi connectivity index (χ4n) is 1.97. The molecule has 5 nitrogen and oxygen atoms in total. The van der Waals surface area contributed by atoms with Crippen molar-refractivity contribution < 1.29 is 14.3 Å². The highest BCUT2D eigenvalue weighted by atomic mass is 32.1. The molecule has 2 aromatic rings. The Hall–Kier alpha value is -2.08. The van der Waals surface area contributed by atoms with Crippen molar-refractivity contribution in [2.75, 3.05) is 19.5 Å². The van der Waals surface area contributed by atoms with Gasteiger partial charge in [-0.1, -0.05) is 17.4 Å². The molecule has 6 heteroatoms. The summed E-state index contributed by atoms with van der Waals surface area (Å²) in [4.78, 5) is 16.5. The number of hydrogen-bond acceptors (Lipinski definition) is 6. The van der Waals surface area contributed by atoms with Gasteiger partial charge in [-0.25, -0.2) is 4.98 Å². The van der Waals surface area contributed by atoms with Crippen molar-refractivity contribution in [3.63, 3.8) is 0 Å². The number of methoxy groups -OCH3 is 2. The zero-order valence-corrected chi connectivity index (χ0v) is 13.3. The standard InChI is InChI=1S/C15H18N2O3S/c1-9-14(10(2)18)21-15(17-9)16-8-11-5-6-12(19-3)13(7-11)20-4/h5-7H,8H2,1-4H3,(H,16,17). The summed E-state index contributed by atoms with van der Waals surface area (Å²) in [7, 11) is 3.22. The summed E-state index contributed by atoms with van der Waals surface area (Å²) in [5.74, 6) is 1.44. The number of nitrogens with zero attached hydrogens (tertiary/aromatic N) is 1. The molecule has 0 amide bonds.